The number of carbonyl (C=O) groups excluding carboxylic acids is 2. The lowest BCUT2D eigenvalue weighted by Gasteiger charge is -2.46. The Kier molecular flexibility index (Phi) is 6.02. The monoisotopic (exact) mass is 354 g/mol. The molecular formula is C17H26N2O6. The third-order valence-corrected chi connectivity index (χ3v) is 5.25. The van der Waals surface area contributed by atoms with Gasteiger partial charge in [0.05, 0.1) is 5.92 Å². The van der Waals surface area contributed by atoms with Gasteiger partial charge in [-0.15, -0.1) is 0 Å². The van der Waals surface area contributed by atoms with Gasteiger partial charge in [0.2, 0.25) is 11.8 Å². The van der Waals surface area contributed by atoms with E-state index in [9.17, 15) is 24.3 Å². The summed E-state index contributed by atoms with van der Waals surface area (Å²) in [6.45, 7) is 4.55. The van der Waals surface area contributed by atoms with Crippen molar-refractivity contribution in [2.75, 3.05) is 19.6 Å². The SMILES string of the molecule is CCC(=O)N1CC(CC(C)C(=O)N2CCCC(C(=O)O)C2)C1C(=O)O. The molecular weight excluding hydrogens is 328 g/mol. The fraction of sp³-hybridized carbons (Fsp3) is 0.765. The van der Waals surface area contributed by atoms with Gasteiger partial charge in [0.25, 0.3) is 0 Å². The van der Waals surface area contributed by atoms with Crippen molar-refractivity contribution in [2.45, 2.75) is 45.6 Å². The number of aliphatic carboxylic acids is 2. The molecule has 2 aliphatic rings. The average molecular weight is 354 g/mol. The Morgan fingerprint density at radius 2 is 1.80 bits per heavy atom. The maximum Gasteiger partial charge on any atom is 0.326 e. The van der Waals surface area contributed by atoms with E-state index in [1.165, 1.54) is 4.90 Å². The summed E-state index contributed by atoms with van der Waals surface area (Å²) in [5.74, 6) is -3.41. The van der Waals surface area contributed by atoms with Crippen molar-refractivity contribution in [2.24, 2.45) is 17.8 Å². The van der Waals surface area contributed by atoms with E-state index in [4.69, 9.17) is 5.11 Å². The van der Waals surface area contributed by atoms with E-state index in [2.05, 4.69) is 0 Å². The minimum atomic E-state index is -1.04. The number of nitrogens with zero attached hydrogens (tertiary/aromatic N) is 2. The fourth-order valence-corrected chi connectivity index (χ4v) is 3.83. The third kappa shape index (κ3) is 4.11. The van der Waals surface area contributed by atoms with Gasteiger partial charge >= 0.3 is 11.9 Å². The van der Waals surface area contributed by atoms with E-state index in [0.29, 0.717) is 32.4 Å². The standard InChI is InChI=1S/C17H26N2O6/c1-3-13(20)19-9-12(14(19)17(24)25)7-10(2)15(21)18-6-4-5-11(8-18)16(22)23/h10-12,14H,3-9H2,1-2H3,(H,22,23)(H,24,25). The van der Waals surface area contributed by atoms with Crippen LogP contribution in [0.4, 0.5) is 0 Å². The molecule has 0 radical (unpaired) electrons. The van der Waals surface area contributed by atoms with Crippen molar-refractivity contribution in [3.05, 3.63) is 0 Å². The van der Waals surface area contributed by atoms with E-state index in [1.54, 1.807) is 18.7 Å². The normalized spacial score (nSPS) is 27.4. The zero-order chi connectivity index (χ0) is 18.7. The van der Waals surface area contributed by atoms with Gasteiger partial charge in [0, 0.05) is 37.9 Å². The number of carboxylic acid groups (broad SMARTS) is 2. The van der Waals surface area contributed by atoms with Gasteiger partial charge in [-0.3, -0.25) is 14.4 Å². The van der Waals surface area contributed by atoms with Crippen molar-refractivity contribution in [3.63, 3.8) is 0 Å². The van der Waals surface area contributed by atoms with E-state index in [0.717, 1.165) is 0 Å². The van der Waals surface area contributed by atoms with Crippen LogP contribution in [0.2, 0.25) is 0 Å². The number of amides is 2. The van der Waals surface area contributed by atoms with Crippen LogP contribution in [-0.2, 0) is 19.2 Å². The Morgan fingerprint density at radius 1 is 1.12 bits per heavy atom. The summed E-state index contributed by atoms with van der Waals surface area (Å²) in [6.07, 6.45) is 1.88. The molecule has 2 N–H and O–H groups in total. The maximum absolute atomic E-state index is 12.6. The first-order chi connectivity index (χ1) is 11.8. The first kappa shape index (κ1) is 19.2. The molecule has 25 heavy (non-hydrogen) atoms. The molecule has 2 aliphatic heterocycles. The highest BCUT2D eigenvalue weighted by molar-refractivity contribution is 5.86. The van der Waals surface area contributed by atoms with Crippen LogP contribution in [0, 0.1) is 17.8 Å². The minimum Gasteiger partial charge on any atom is -0.481 e. The number of carbonyl (C=O) groups is 4. The van der Waals surface area contributed by atoms with E-state index in [-0.39, 0.29) is 30.7 Å². The highest BCUT2D eigenvalue weighted by Gasteiger charge is 2.47. The molecule has 2 rings (SSSR count). The molecule has 2 heterocycles. The number of likely N-dealkylation sites (tertiary alicyclic amines) is 2. The van der Waals surface area contributed by atoms with E-state index < -0.39 is 29.8 Å². The van der Waals surface area contributed by atoms with Gasteiger partial charge in [0.15, 0.2) is 0 Å². The predicted molar refractivity (Wildman–Crippen MR) is 87.6 cm³/mol. The summed E-state index contributed by atoms with van der Waals surface area (Å²) in [5.41, 5.74) is 0. The molecule has 0 aromatic carbocycles. The Labute approximate surface area is 146 Å². The molecule has 8 heteroatoms. The predicted octanol–water partition coefficient (Wildman–Crippen LogP) is 0.657. The lowest BCUT2D eigenvalue weighted by Crippen LogP contribution is -2.62. The summed E-state index contributed by atoms with van der Waals surface area (Å²) in [5, 5.41) is 18.5. The van der Waals surface area contributed by atoms with Crippen LogP contribution in [0.25, 0.3) is 0 Å². The maximum atomic E-state index is 12.6. The highest BCUT2D eigenvalue weighted by Crippen LogP contribution is 2.32. The lowest BCUT2D eigenvalue weighted by atomic mass is 9.80. The number of piperidine rings is 1. The molecule has 4 unspecified atom stereocenters. The second-order valence-corrected chi connectivity index (χ2v) is 7.04. The van der Waals surface area contributed by atoms with Gasteiger partial charge < -0.3 is 20.0 Å². The Balaban J connectivity index is 1.93. The lowest BCUT2D eigenvalue weighted by molar-refractivity contribution is -0.165. The summed E-state index contributed by atoms with van der Waals surface area (Å²) >= 11 is 0. The van der Waals surface area contributed by atoms with Gasteiger partial charge in [-0.25, -0.2) is 4.79 Å². The summed E-state index contributed by atoms with van der Waals surface area (Å²) in [6, 6.07) is -0.865. The molecule has 2 amide bonds. The number of hydrogen-bond donors (Lipinski definition) is 2. The topological polar surface area (TPSA) is 115 Å². The summed E-state index contributed by atoms with van der Waals surface area (Å²) in [4.78, 5) is 49.9. The van der Waals surface area contributed by atoms with E-state index >= 15 is 0 Å². The second-order valence-electron chi connectivity index (χ2n) is 7.04. The highest BCUT2D eigenvalue weighted by atomic mass is 16.4. The van der Waals surface area contributed by atoms with Gasteiger partial charge in [-0.2, -0.15) is 0 Å². The molecule has 2 fully saturated rings. The molecule has 2 saturated heterocycles. The van der Waals surface area contributed by atoms with Crippen LogP contribution >= 0.6 is 0 Å². The van der Waals surface area contributed by atoms with Crippen LogP contribution in [0.5, 0.6) is 0 Å². The summed E-state index contributed by atoms with van der Waals surface area (Å²) < 4.78 is 0. The van der Waals surface area contributed by atoms with Gasteiger partial charge in [0.1, 0.15) is 6.04 Å². The van der Waals surface area contributed by atoms with Crippen molar-refractivity contribution in [3.8, 4) is 0 Å². The minimum absolute atomic E-state index is 0.129. The molecule has 140 valence electrons. The molecule has 0 saturated carbocycles. The molecule has 0 aromatic heterocycles. The van der Waals surface area contributed by atoms with Crippen LogP contribution in [-0.4, -0.2) is 69.4 Å². The second kappa shape index (κ2) is 7.84. The van der Waals surface area contributed by atoms with Crippen molar-refractivity contribution >= 4 is 23.8 Å². The van der Waals surface area contributed by atoms with Gasteiger partial charge in [-0.1, -0.05) is 13.8 Å². The molecule has 0 spiro atoms. The number of carboxylic acids is 2. The Hall–Kier alpha value is -2.12. The van der Waals surface area contributed by atoms with Crippen LogP contribution in [0.15, 0.2) is 0 Å². The van der Waals surface area contributed by atoms with Crippen LogP contribution in [0.1, 0.15) is 39.5 Å². The Morgan fingerprint density at radius 3 is 2.36 bits per heavy atom. The largest absolute Gasteiger partial charge is 0.481 e. The zero-order valence-electron chi connectivity index (χ0n) is 14.7. The van der Waals surface area contributed by atoms with Gasteiger partial charge in [-0.05, 0) is 19.3 Å². The number of rotatable bonds is 6. The zero-order valence-corrected chi connectivity index (χ0v) is 14.7. The molecule has 0 bridgehead atoms. The number of hydrogen-bond acceptors (Lipinski definition) is 4. The fourth-order valence-electron chi connectivity index (χ4n) is 3.83. The average Bonchev–Trinajstić information content (AvgIpc) is 2.56. The van der Waals surface area contributed by atoms with E-state index in [1.807, 2.05) is 0 Å². The van der Waals surface area contributed by atoms with Crippen LogP contribution < -0.4 is 0 Å². The molecule has 4 atom stereocenters. The molecule has 0 aromatic rings. The van der Waals surface area contributed by atoms with Crippen molar-refractivity contribution in [1.29, 1.82) is 0 Å². The van der Waals surface area contributed by atoms with Crippen molar-refractivity contribution in [1.82, 2.24) is 9.80 Å². The quantitative estimate of drug-likeness (QED) is 0.724. The molecule has 0 aliphatic carbocycles. The third-order valence-electron chi connectivity index (χ3n) is 5.25. The smallest absolute Gasteiger partial charge is 0.326 e. The summed E-state index contributed by atoms with van der Waals surface area (Å²) in [7, 11) is 0. The molecule has 8 nitrogen and oxygen atoms in total. The first-order valence-corrected chi connectivity index (χ1v) is 8.80. The van der Waals surface area contributed by atoms with Crippen LogP contribution in [0.3, 0.4) is 0 Å². The Bertz CT molecular complexity index is 563. The first-order valence-electron chi connectivity index (χ1n) is 8.80. The van der Waals surface area contributed by atoms with Crippen molar-refractivity contribution < 1.29 is 29.4 Å².